The van der Waals surface area contributed by atoms with Crippen LogP contribution in [-0.4, -0.2) is 75.7 Å². The van der Waals surface area contributed by atoms with Crippen molar-refractivity contribution in [1.29, 1.82) is 0 Å². The van der Waals surface area contributed by atoms with Gasteiger partial charge in [-0.15, -0.1) is 0 Å². The normalized spacial score (nSPS) is 16.9. The third-order valence-corrected chi connectivity index (χ3v) is 7.79. The van der Waals surface area contributed by atoms with E-state index in [1.54, 1.807) is 27.4 Å². The molecule has 204 valence electrons. The number of methoxy groups -OCH3 is 3. The largest absolute Gasteiger partial charge is 0.496 e. The van der Waals surface area contributed by atoms with E-state index in [4.69, 9.17) is 18.9 Å². The molecular formula is C30H38N2O6. The first-order valence-electron chi connectivity index (χ1n) is 13.0. The van der Waals surface area contributed by atoms with Crippen LogP contribution in [-0.2, 0) is 9.59 Å². The summed E-state index contributed by atoms with van der Waals surface area (Å²) in [7, 11) is 4.74. The van der Waals surface area contributed by atoms with Gasteiger partial charge in [0, 0.05) is 43.4 Å². The number of benzene rings is 2. The lowest BCUT2D eigenvalue weighted by molar-refractivity contribution is -0.136. The first kappa shape index (κ1) is 27.4. The number of para-hydroxylation sites is 1. The van der Waals surface area contributed by atoms with Gasteiger partial charge in [-0.3, -0.25) is 9.59 Å². The van der Waals surface area contributed by atoms with Gasteiger partial charge >= 0.3 is 0 Å². The van der Waals surface area contributed by atoms with Crippen molar-refractivity contribution in [2.24, 2.45) is 5.41 Å². The minimum absolute atomic E-state index is 0.0108. The summed E-state index contributed by atoms with van der Waals surface area (Å²) in [5.74, 6) is 2.52. The lowest BCUT2D eigenvalue weighted by Gasteiger charge is -2.39. The maximum absolute atomic E-state index is 13.4. The molecule has 2 saturated heterocycles. The zero-order chi connectivity index (χ0) is 27.3. The Morgan fingerprint density at radius 1 is 0.868 bits per heavy atom. The predicted molar refractivity (Wildman–Crippen MR) is 146 cm³/mol. The zero-order valence-electron chi connectivity index (χ0n) is 23.0. The van der Waals surface area contributed by atoms with Crippen LogP contribution < -0.4 is 18.9 Å². The lowest BCUT2D eigenvalue weighted by Crippen LogP contribution is -2.46. The molecule has 2 aromatic rings. The van der Waals surface area contributed by atoms with E-state index >= 15 is 0 Å². The maximum atomic E-state index is 13.4. The fourth-order valence-corrected chi connectivity index (χ4v) is 5.41. The standard InChI is InChI=1S/C30H38N2O6/c1-21-8-6-7-9-24(21)38-19-28(33)31-13-10-30(11-14-31)12-15-32(20-30)29(34)22(2)16-23-17-26(36-4)27(37-5)18-25(23)35-3/h6-9,16-18H,10-15,19-20H2,1-5H3. The average Bonchev–Trinajstić information content (AvgIpc) is 3.35. The van der Waals surface area contributed by atoms with Crippen LogP contribution in [0.2, 0.25) is 0 Å². The molecule has 0 aromatic heterocycles. The van der Waals surface area contributed by atoms with Crippen LogP contribution in [0.15, 0.2) is 42.0 Å². The monoisotopic (exact) mass is 522 g/mol. The van der Waals surface area contributed by atoms with Crippen molar-refractivity contribution >= 4 is 17.9 Å². The highest BCUT2D eigenvalue weighted by molar-refractivity contribution is 5.98. The number of nitrogens with zero attached hydrogens (tertiary/aromatic N) is 2. The van der Waals surface area contributed by atoms with Gasteiger partial charge in [0.1, 0.15) is 11.5 Å². The lowest BCUT2D eigenvalue weighted by atomic mass is 9.78. The van der Waals surface area contributed by atoms with Gasteiger partial charge in [-0.05, 0) is 62.3 Å². The van der Waals surface area contributed by atoms with Crippen molar-refractivity contribution in [2.75, 3.05) is 54.1 Å². The average molecular weight is 523 g/mol. The molecule has 2 fully saturated rings. The predicted octanol–water partition coefficient (Wildman–Crippen LogP) is 4.34. The molecule has 8 heteroatoms. The molecule has 2 aromatic carbocycles. The van der Waals surface area contributed by atoms with E-state index in [0.717, 1.165) is 42.7 Å². The first-order chi connectivity index (χ1) is 18.3. The second-order valence-electron chi connectivity index (χ2n) is 10.2. The van der Waals surface area contributed by atoms with Gasteiger partial charge in [0.25, 0.3) is 5.91 Å². The van der Waals surface area contributed by atoms with Gasteiger partial charge < -0.3 is 28.7 Å². The first-order valence-corrected chi connectivity index (χ1v) is 13.0. The van der Waals surface area contributed by atoms with Crippen LogP contribution in [0.5, 0.6) is 23.0 Å². The quantitative estimate of drug-likeness (QED) is 0.480. The molecule has 0 N–H and O–H groups in total. The van der Waals surface area contributed by atoms with Gasteiger partial charge in [-0.1, -0.05) is 18.2 Å². The smallest absolute Gasteiger partial charge is 0.260 e. The third-order valence-electron chi connectivity index (χ3n) is 7.79. The number of aryl methyl sites for hydroxylation is 1. The molecule has 0 atom stereocenters. The van der Waals surface area contributed by atoms with E-state index in [2.05, 4.69) is 0 Å². The molecule has 0 bridgehead atoms. The van der Waals surface area contributed by atoms with Gasteiger partial charge in [-0.2, -0.15) is 0 Å². The molecule has 0 saturated carbocycles. The van der Waals surface area contributed by atoms with Gasteiger partial charge in [0.15, 0.2) is 18.1 Å². The fourth-order valence-electron chi connectivity index (χ4n) is 5.41. The topological polar surface area (TPSA) is 77.5 Å². The molecule has 0 unspecified atom stereocenters. The summed E-state index contributed by atoms with van der Waals surface area (Å²) < 4.78 is 22.1. The van der Waals surface area contributed by atoms with Gasteiger partial charge in [0.05, 0.1) is 21.3 Å². The van der Waals surface area contributed by atoms with Gasteiger partial charge in [-0.25, -0.2) is 0 Å². The summed E-state index contributed by atoms with van der Waals surface area (Å²) in [5.41, 5.74) is 2.46. The van der Waals surface area contributed by atoms with Crippen LogP contribution in [0.25, 0.3) is 6.08 Å². The fraction of sp³-hybridized carbons (Fsp3) is 0.467. The molecule has 4 rings (SSSR count). The van der Waals surface area contributed by atoms with E-state index in [0.29, 0.717) is 42.5 Å². The Kier molecular flexibility index (Phi) is 8.49. The zero-order valence-corrected chi connectivity index (χ0v) is 23.0. The SMILES string of the molecule is COc1cc(OC)c(OC)cc1C=C(C)C(=O)N1CCC2(CCN(C(=O)COc3ccccc3C)CC2)C1. The van der Waals surface area contributed by atoms with Crippen molar-refractivity contribution in [2.45, 2.75) is 33.1 Å². The maximum Gasteiger partial charge on any atom is 0.260 e. The molecule has 0 aliphatic carbocycles. The number of carbonyl (C=O) groups excluding carboxylic acids is 2. The van der Waals surface area contributed by atoms with Crippen molar-refractivity contribution in [1.82, 2.24) is 9.80 Å². The van der Waals surface area contributed by atoms with E-state index in [-0.39, 0.29) is 23.8 Å². The number of piperidine rings is 1. The van der Waals surface area contributed by atoms with Crippen LogP contribution in [0.4, 0.5) is 0 Å². The molecule has 2 heterocycles. The molecule has 0 radical (unpaired) electrons. The summed E-state index contributed by atoms with van der Waals surface area (Å²) in [4.78, 5) is 29.9. The summed E-state index contributed by atoms with van der Waals surface area (Å²) in [6.45, 7) is 6.66. The minimum atomic E-state index is 0.0108. The second kappa shape index (κ2) is 11.8. The summed E-state index contributed by atoms with van der Waals surface area (Å²) in [6.07, 6.45) is 4.57. The number of carbonyl (C=O) groups is 2. The Bertz CT molecular complexity index is 1200. The Labute approximate surface area is 225 Å². The molecule has 38 heavy (non-hydrogen) atoms. The Morgan fingerprint density at radius 2 is 1.47 bits per heavy atom. The van der Waals surface area contributed by atoms with E-state index < -0.39 is 0 Å². The van der Waals surface area contributed by atoms with Crippen LogP contribution in [0.1, 0.15) is 37.3 Å². The summed E-state index contributed by atoms with van der Waals surface area (Å²) in [6, 6.07) is 11.3. The molecule has 1 spiro atoms. The Hall–Kier alpha value is -3.68. The van der Waals surface area contributed by atoms with Crippen LogP contribution >= 0.6 is 0 Å². The number of likely N-dealkylation sites (tertiary alicyclic amines) is 2. The molecule has 2 aliphatic rings. The van der Waals surface area contributed by atoms with Crippen LogP contribution in [0.3, 0.4) is 0 Å². The highest BCUT2D eigenvalue weighted by Crippen LogP contribution is 2.41. The molecular weight excluding hydrogens is 484 g/mol. The summed E-state index contributed by atoms with van der Waals surface area (Å²) >= 11 is 0. The van der Waals surface area contributed by atoms with E-state index in [9.17, 15) is 9.59 Å². The highest BCUT2D eigenvalue weighted by atomic mass is 16.5. The Balaban J connectivity index is 1.34. The number of rotatable bonds is 8. The van der Waals surface area contributed by atoms with Crippen LogP contribution in [0, 0.1) is 12.3 Å². The number of ether oxygens (including phenoxy) is 4. The van der Waals surface area contributed by atoms with E-state index in [1.165, 1.54) is 0 Å². The molecule has 2 amide bonds. The minimum Gasteiger partial charge on any atom is -0.496 e. The molecule has 8 nitrogen and oxygen atoms in total. The van der Waals surface area contributed by atoms with E-state index in [1.807, 2.05) is 60.1 Å². The van der Waals surface area contributed by atoms with Gasteiger partial charge in [0.2, 0.25) is 5.91 Å². The van der Waals surface area contributed by atoms with Crippen molar-refractivity contribution in [3.05, 3.63) is 53.1 Å². The number of hydrogen-bond acceptors (Lipinski definition) is 6. The molecule has 2 aliphatic heterocycles. The van der Waals surface area contributed by atoms with Crippen molar-refractivity contribution < 1.29 is 28.5 Å². The summed E-state index contributed by atoms with van der Waals surface area (Å²) in [5, 5.41) is 0. The highest BCUT2D eigenvalue weighted by Gasteiger charge is 2.42. The van der Waals surface area contributed by atoms with Crippen molar-refractivity contribution in [3.8, 4) is 23.0 Å². The van der Waals surface area contributed by atoms with Crippen molar-refractivity contribution in [3.63, 3.8) is 0 Å². The number of hydrogen-bond donors (Lipinski definition) is 0. The second-order valence-corrected chi connectivity index (χ2v) is 10.2. The Morgan fingerprint density at radius 3 is 2.11 bits per heavy atom. The third kappa shape index (κ3) is 5.90. The number of amides is 2.